The standard InChI is InChI=1S/C29H30N4O5S/c1-4-27(34)24-14-26(29(35)30-28-22-15-38-16-23(22)28)33(31-24)18(3)20-6-5-7-25-21(20)12-13-32(25)39(36,37)19-10-8-17(2)9-11-19/h5-14,18,22-23,28H,4,15-16H2,1-3H3,(H,30,35)/t18?,22-,23+,28?. The Hall–Kier alpha value is -3.76. The van der Waals surface area contributed by atoms with Gasteiger partial charge in [0, 0.05) is 41.9 Å². The number of benzene rings is 2. The predicted molar refractivity (Wildman–Crippen MR) is 145 cm³/mol. The zero-order chi connectivity index (χ0) is 27.5. The third-order valence-corrected chi connectivity index (χ3v) is 9.65. The summed E-state index contributed by atoms with van der Waals surface area (Å²) in [4.78, 5) is 26.1. The third-order valence-electron chi connectivity index (χ3n) is 7.95. The smallest absolute Gasteiger partial charge is 0.269 e. The molecule has 1 aliphatic carbocycles. The number of aryl methyl sites for hydroxylation is 1. The molecule has 1 N–H and O–H groups in total. The zero-order valence-electron chi connectivity index (χ0n) is 22.0. The molecule has 4 atom stereocenters. The quantitative estimate of drug-likeness (QED) is 0.335. The Balaban J connectivity index is 1.38. The normalized spacial score (nSPS) is 21.1. The van der Waals surface area contributed by atoms with Crippen LogP contribution in [0.2, 0.25) is 0 Å². The highest BCUT2D eigenvalue weighted by Crippen LogP contribution is 2.44. The van der Waals surface area contributed by atoms with Gasteiger partial charge in [-0.25, -0.2) is 12.4 Å². The third kappa shape index (κ3) is 4.28. The maximum atomic E-state index is 13.5. The minimum absolute atomic E-state index is 0.0691. The molecule has 0 spiro atoms. The zero-order valence-corrected chi connectivity index (χ0v) is 22.8. The van der Waals surface area contributed by atoms with Crippen molar-refractivity contribution in [3.05, 3.63) is 83.3 Å². The van der Waals surface area contributed by atoms with E-state index in [1.807, 2.05) is 19.9 Å². The number of aromatic nitrogens is 3. The molecule has 0 radical (unpaired) electrons. The highest BCUT2D eigenvalue weighted by Gasteiger charge is 2.55. The van der Waals surface area contributed by atoms with Gasteiger partial charge in [-0.15, -0.1) is 0 Å². The van der Waals surface area contributed by atoms with Crippen LogP contribution in [0.15, 0.2) is 65.7 Å². The van der Waals surface area contributed by atoms with Crippen LogP contribution in [0, 0.1) is 18.8 Å². The molecule has 6 rings (SSSR count). The molecule has 202 valence electrons. The average Bonchev–Trinajstić information content (AvgIpc) is 3.43. The number of nitrogens with zero attached hydrogens (tertiary/aromatic N) is 3. The number of fused-ring (bicyclic) bond motifs is 2. The van der Waals surface area contributed by atoms with Gasteiger partial charge in [0.25, 0.3) is 15.9 Å². The summed E-state index contributed by atoms with van der Waals surface area (Å²) in [6.45, 7) is 6.85. The molecule has 10 heteroatoms. The second-order valence-corrected chi connectivity index (χ2v) is 12.2. The summed E-state index contributed by atoms with van der Waals surface area (Å²) < 4.78 is 35.2. The summed E-state index contributed by atoms with van der Waals surface area (Å²) in [5.74, 6) is 0.239. The molecule has 1 amide bonds. The lowest BCUT2D eigenvalue weighted by atomic mass is 10.0. The fraction of sp³-hybridized carbons (Fsp3) is 0.345. The van der Waals surface area contributed by atoms with Crippen LogP contribution in [0.3, 0.4) is 0 Å². The first-order chi connectivity index (χ1) is 18.7. The van der Waals surface area contributed by atoms with E-state index >= 15 is 0 Å². The van der Waals surface area contributed by atoms with E-state index in [1.165, 1.54) is 3.97 Å². The van der Waals surface area contributed by atoms with Crippen LogP contribution in [0.5, 0.6) is 0 Å². The Bertz CT molecular complexity index is 1690. The van der Waals surface area contributed by atoms with Crippen LogP contribution < -0.4 is 5.32 Å². The molecule has 3 heterocycles. The van der Waals surface area contributed by atoms with E-state index in [0.29, 0.717) is 36.3 Å². The lowest BCUT2D eigenvalue weighted by molar-refractivity contribution is 0.0916. The van der Waals surface area contributed by atoms with Gasteiger partial charge in [-0.1, -0.05) is 36.8 Å². The fourth-order valence-electron chi connectivity index (χ4n) is 5.55. The summed E-state index contributed by atoms with van der Waals surface area (Å²) in [5.41, 5.74) is 2.82. The first-order valence-electron chi connectivity index (χ1n) is 13.1. The van der Waals surface area contributed by atoms with Crippen molar-refractivity contribution < 1.29 is 22.7 Å². The van der Waals surface area contributed by atoms with E-state index in [-0.39, 0.29) is 34.7 Å². The largest absolute Gasteiger partial charge is 0.381 e. The number of hydrogen-bond acceptors (Lipinski definition) is 6. The lowest BCUT2D eigenvalue weighted by Crippen LogP contribution is -2.32. The molecule has 2 aromatic carbocycles. The van der Waals surface area contributed by atoms with Crippen molar-refractivity contribution in [1.29, 1.82) is 0 Å². The number of hydrogen-bond donors (Lipinski definition) is 1. The van der Waals surface area contributed by atoms with Gasteiger partial charge in [0.15, 0.2) is 5.78 Å². The molecule has 2 aliphatic rings. The predicted octanol–water partition coefficient (Wildman–Crippen LogP) is 3.96. The molecule has 2 aromatic heterocycles. The van der Waals surface area contributed by atoms with Crippen molar-refractivity contribution in [3.63, 3.8) is 0 Å². The highest BCUT2D eigenvalue weighted by molar-refractivity contribution is 7.90. The molecule has 2 fully saturated rings. The monoisotopic (exact) mass is 546 g/mol. The van der Waals surface area contributed by atoms with Crippen LogP contribution in [0.4, 0.5) is 0 Å². The molecule has 9 nitrogen and oxygen atoms in total. The molecule has 1 saturated heterocycles. The van der Waals surface area contributed by atoms with Gasteiger partial charge in [-0.3, -0.25) is 14.3 Å². The summed E-state index contributed by atoms with van der Waals surface area (Å²) in [6, 6.07) is 15.1. The molecule has 1 aliphatic heterocycles. The number of ether oxygens (including phenoxy) is 1. The maximum Gasteiger partial charge on any atom is 0.269 e. The van der Waals surface area contributed by atoms with Crippen molar-refractivity contribution in [2.24, 2.45) is 11.8 Å². The SMILES string of the molecule is CCC(=O)c1cc(C(=O)NC2[C@H]3COC[C@@H]23)n(C(C)c2cccc3c2ccn3S(=O)(=O)c2ccc(C)cc2)n1. The van der Waals surface area contributed by atoms with Crippen LogP contribution in [0.25, 0.3) is 10.9 Å². The van der Waals surface area contributed by atoms with Crippen molar-refractivity contribution >= 4 is 32.6 Å². The van der Waals surface area contributed by atoms with Crippen LogP contribution in [-0.2, 0) is 14.8 Å². The molecule has 1 saturated carbocycles. The summed E-state index contributed by atoms with van der Waals surface area (Å²) in [6.07, 6.45) is 1.82. The first-order valence-corrected chi connectivity index (χ1v) is 14.6. The Morgan fingerprint density at radius 3 is 2.51 bits per heavy atom. The molecule has 39 heavy (non-hydrogen) atoms. The first kappa shape index (κ1) is 25.5. The lowest BCUT2D eigenvalue weighted by Gasteiger charge is -2.18. The molecular weight excluding hydrogens is 516 g/mol. The Morgan fingerprint density at radius 2 is 1.82 bits per heavy atom. The van der Waals surface area contributed by atoms with Crippen molar-refractivity contribution in [2.75, 3.05) is 13.2 Å². The topological polar surface area (TPSA) is 112 Å². The number of rotatable bonds is 8. The van der Waals surface area contributed by atoms with Gasteiger partial charge in [-0.05, 0) is 43.7 Å². The summed E-state index contributed by atoms with van der Waals surface area (Å²) in [5, 5.41) is 8.37. The van der Waals surface area contributed by atoms with E-state index in [2.05, 4.69) is 10.4 Å². The number of Topliss-reactive ketones (excluding diaryl/α,β-unsaturated/α-hetero) is 1. The Morgan fingerprint density at radius 1 is 1.10 bits per heavy atom. The summed E-state index contributed by atoms with van der Waals surface area (Å²) >= 11 is 0. The summed E-state index contributed by atoms with van der Waals surface area (Å²) in [7, 11) is -3.82. The number of ketones is 1. The van der Waals surface area contributed by atoms with Gasteiger partial charge in [-0.2, -0.15) is 5.10 Å². The highest BCUT2D eigenvalue weighted by atomic mass is 32.2. The van der Waals surface area contributed by atoms with Gasteiger partial charge in [0.05, 0.1) is 29.7 Å². The van der Waals surface area contributed by atoms with E-state index < -0.39 is 16.1 Å². The average molecular weight is 547 g/mol. The van der Waals surface area contributed by atoms with E-state index in [0.717, 1.165) is 16.5 Å². The van der Waals surface area contributed by atoms with Gasteiger partial charge in [0.1, 0.15) is 11.4 Å². The second kappa shape index (κ2) is 9.46. The molecule has 0 bridgehead atoms. The van der Waals surface area contributed by atoms with Gasteiger partial charge >= 0.3 is 0 Å². The van der Waals surface area contributed by atoms with Crippen LogP contribution >= 0.6 is 0 Å². The van der Waals surface area contributed by atoms with Crippen molar-refractivity contribution in [3.8, 4) is 0 Å². The van der Waals surface area contributed by atoms with E-state index in [9.17, 15) is 18.0 Å². The molecule has 4 aromatic rings. The number of carbonyl (C=O) groups is 2. The number of amides is 1. The second-order valence-electron chi connectivity index (χ2n) is 10.4. The molecule has 2 unspecified atom stereocenters. The maximum absolute atomic E-state index is 13.5. The van der Waals surface area contributed by atoms with Crippen molar-refractivity contribution in [1.82, 2.24) is 19.1 Å². The van der Waals surface area contributed by atoms with Crippen LogP contribution in [-0.4, -0.2) is 53.1 Å². The van der Waals surface area contributed by atoms with Crippen LogP contribution in [0.1, 0.15) is 58.4 Å². The van der Waals surface area contributed by atoms with E-state index in [1.54, 1.807) is 66.3 Å². The number of nitrogens with one attached hydrogen (secondary N) is 1. The van der Waals surface area contributed by atoms with Crippen molar-refractivity contribution in [2.45, 2.75) is 44.2 Å². The van der Waals surface area contributed by atoms with Gasteiger partial charge < -0.3 is 10.1 Å². The van der Waals surface area contributed by atoms with E-state index in [4.69, 9.17) is 4.74 Å². The molecular formula is C29H30N4O5S. The fourth-order valence-corrected chi connectivity index (χ4v) is 6.90. The Kier molecular flexibility index (Phi) is 6.19. The Labute approximate surface area is 226 Å². The minimum atomic E-state index is -3.82. The number of carbonyl (C=O) groups excluding carboxylic acids is 2. The minimum Gasteiger partial charge on any atom is -0.381 e. The van der Waals surface area contributed by atoms with Gasteiger partial charge in [0.2, 0.25) is 0 Å².